The van der Waals surface area contributed by atoms with E-state index in [1.165, 1.54) is 0 Å². The molecule has 0 spiro atoms. The maximum Gasteiger partial charge on any atom is 0.488 e. The van der Waals surface area contributed by atoms with E-state index < -0.39 is 24.9 Å². The summed E-state index contributed by atoms with van der Waals surface area (Å²) in [5, 5.41) is 23.3. The van der Waals surface area contributed by atoms with Gasteiger partial charge < -0.3 is 20.7 Å². The molecule has 0 unspecified atom stereocenters. The molecule has 0 bridgehead atoms. The Morgan fingerprint density at radius 1 is 1.25 bits per heavy atom. The van der Waals surface area contributed by atoms with Crippen molar-refractivity contribution in [1.82, 2.24) is 10.6 Å². The number of carbonyl (C=O) groups excluding carboxylic acids is 2. The Bertz CT molecular complexity index is 671. The number of benzene rings is 1. The third-order valence-corrected chi connectivity index (χ3v) is 3.91. The molecule has 0 radical (unpaired) electrons. The first kappa shape index (κ1) is 20.7. The predicted octanol–water partition coefficient (Wildman–Crippen LogP) is 1.10. The number of hydrogen-bond acceptors (Lipinski definition) is 4. The summed E-state index contributed by atoms with van der Waals surface area (Å²) in [6.45, 7) is 3.36. The first-order valence-corrected chi connectivity index (χ1v) is 8.69. The van der Waals surface area contributed by atoms with Crippen LogP contribution in [-0.2, 0) is 4.79 Å². The zero-order valence-electron chi connectivity index (χ0n) is 13.1. The van der Waals surface area contributed by atoms with Crippen LogP contribution >= 0.6 is 31.9 Å². The number of carbonyl (C=O) groups is 2. The van der Waals surface area contributed by atoms with Gasteiger partial charge >= 0.3 is 7.12 Å². The van der Waals surface area contributed by atoms with E-state index in [2.05, 4.69) is 54.3 Å². The van der Waals surface area contributed by atoms with Crippen molar-refractivity contribution in [2.75, 3.05) is 6.54 Å². The molecular formula is C15H17BBr2N2O4. The highest BCUT2D eigenvalue weighted by molar-refractivity contribution is 9.11. The van der Waals surface area contributed by atoms with Gasteiger partial charge in [-0.1, -0.05) is 41.6 Å². The zero-order valence-corrected chi connectivity index (χ0v) is 16.3. The van der Waals surface area contributed by atoms with Crippen LogP contribution in [-0.4, -0.2) is 41.5 Å². The summed E-state index contributed by atoms with van der Waals surface area (Å²) >= 11 is 6.54. The fourth-order valence-corrected chi connectivity index (χ4v) is 2.38. The van der Waals surface area contributed by atoms with E-state index in [9.17, 15) is 19.6 Å². The van der Waals surface area contributed by atoms with Gasteiger partial charge in [0.25, 0.3) is 5.91 Å². The average molecular weight is 460 g/mol. The molecule has 1 aromatic carbocycles. The molecule has 0 saturated heterocycles. The van der Waals surface area contributed by atoms with Crippen molar-refractivity contribution in [3.05, 3.63) is 32.7 Å². The lowest BCUT2D eigenvalue weighted by atomic mass is 9.79. The molecule has 0 aliphatic carbocycles. The highest BCUT2D eigenvalue weighted by Crippen LogP contribution is 2.21. The minimum atomic E-state index is -1.81. The number of nitrogens with one attached hydrogen (secondary N) is 2. The van der Waals surface area contributed by atoms with Gasteiger partial charge in [-0.2, -0.15) is 0 Å². The van der Waals surface area contributed by atoms with Gasteiger partial charge in [0.05, 0.1) is 12.1 Å². The van der Waals surface area contributed by atoms with Crippen molar-refractivity contribution in [2.45, 2.75) is 19.8 Å². The Morgan fingerprint density at radius 3 is 2.50 bits per heavy atom. The molecule has 24 heavy (non-hydrogen) atoms. The smallest absolute Gasteiger partial charge is 0.425 e. The van der Waals surface area contributed by atoms with Gasteiger partial charge in [0.15, 0.2) is 0 Å². The largest absolute Gasteiger partial charge is 0.488 e. The molecule has 0 aliphatic rings. The highest BCUT2D eigenvalue weighted by Gasteiger charge is 2.23. The molecule has 1 rings (SSSR count). The molecule has 0 saturated carbocycles. The molecule has 1 aromatic rings. The lowest BCUT2D eigenvalue weighted by molar-refractivity contribution is -0.120. The van der Waals surface area contributed by atoms with Crippen molar-refractivity contribution >= 4 is 50.8 Å². The molecule has 1 atom stereocenters. The summed E-state index contributed by atoms with van der Waals surface area (Å²) in [6.07, 6.45) is 0. The molecule has 2 amide bonds. The Labute approximate surface area is 157 Å². The van der Waals surface area contributed by atoms with E-state index in [1.54, 1.807) is 18.2 Å². The van der Waals surface area contributed by atoms with Gasteiger partial charge in [-0.15, -0.1) is 0 Å². The molecule has 0 heterocycles. The van der Waals surface area contributed by atoms with E-state index in [1.807, 2.05) is 13.8 Å². The van der Waals surface area contributed by atoms with Gasteiger partial charge in [0.2, 0.25) is 5.91 Å². The normalized spacial score (nSPS) is 11.3. The maximum atomic E-state index is 12.1. The summed E-state index contributed by atoms with van der Waals surface area (Å²) in [5.74, 6) is 3.22. The van der Waals surface area contributed by atoms with E-state index in [-0.39, 0.29) is 12.5 Å². The van der Waals surface area contributed by atoms with Gasteiger partial charge in [-0.05, 0) is 34.1 Å². The van der Waals surface area contributed by atoms with Crippen LogP contribution in [0.15, 0.2) is 27.1 Å². The third kappa shape index (κ3) is 7.05. The van der Waals surface area contributed by atoms with Gasteiger partial charge in [0, 0.05) is 14.9 Å². The SMILES string of the molecule is CC(C)C#C[C@H](NC(=O)CNC(=O)c1cc(Br)ccc1Br)B(O)O. The lowest BCUT2D eigenvalue weighted by Crippen LogP contribution is -2.48. The molecule has 6 nitrogen and oxygen atoms in total. The molecule has 0 aliphatic heterocycles. The minimum Gasteiger partial charge on any atom is -0.425 e. The Hall–Kier alpha value is -1.34. The van der Waals surface area contributed by atoms with E-state index >= 15 is 0 Å². The van der Waals surface area contributed by atoms with Crippen LogP contribution in [0.5, 0.6) is 0 Å². The molecule has 128 valence electrons. The number of amides is 2. The molecular weight excluding hydrogens is 443 g/mol. The molecule has 4 N–H and O–H groups in total. The van der Waals surface area contributed by atoms with Crippen LogP contribution in [0.3, 0.4) is 0 Å². The monoisotopic (exact) mass is 458 g/mol. The Balaban J connectivity index is 2.63. The molecule has 9 heteroatoms. The summed E-state index contributed by atoms with van der Waals surface area (Å²) in [5.41, 5.74) is 0.371. The van der Waals surface area contributed by atoms with Crippen molar-refractivity contribution in [2.24, 2.45) is 5.92 Å². The first-order chi connectivity index (χ1) is 11.2. The average Bonchev–Trinajstić information content (AvgIpc) is 2.50. The van der Waals surface area contributed by atoms with Crippen LogP contribution in [0.2, 0.25) is 0 Å². The van der Waals surface area contributed by atoms with Crippen molar-refractivity contribution in [1.29, 1.82) is 0 Å². The summed E-state index contributed by atoms with van der Waals surface area (Å²) in [7, 11) is -1.81. The second kappa shape index (κ2) is 9.84. The Kier molecular flexibility index (Phi) is 8.49. The van der Waals surface area contributed by atoms with Crippen molar-refractivity contribution in [3.63, 3.8) is 0 Å². The molecule has 0 fully saturated rings. The third-order valence-electron chi connectivity index (χ3n) is 2.72. The van der Waals surface area contributed by atoms with E-state index in [0.29, 0.717) is 10.0 Å². The van der Waals surface area contributed by atoms with Crippen LogP contribution in [0.1, 0.15) is 24.2 Å². The van der Waals surface area contributed by atoms with Gasteiger partial charge in [0.1, 0.15) is 5.94 Å². The fourth-order valence-electron chi connectivity index (χ4n) is 1.59. The standard InChI is InChI=1S/C15H17BBr2N2O4/c1-9(2)3-6-13(16(23)24)20-14(21)8-19-15(22)11-7-10(17)4-5-12(11)18/h4-5,7,9,13,23-24H,8H2,1-2H3,(H,19,22)(H,20,21)/t13-/m0/s1. The second-order valence-electron chi connectivity index (χ2n) is 5.21. The number of halogens is 2. The van der Waals surface area contributed by atoms with Crippen LogP contribution in [0.25, 0.3) is 0 Å². The lowest BCUT2D eigenvalue weighted by Gasteiger charge is -2.13. The molecule has 0 aromatic heterocycles. The first-order valence-electron chi connectivity index (χ1n) is 7.10. The number of rotatable bonds is 5. The van der Waals surface area contributed by atoms with Crippen molar-refractivity contribution < 1.29 is 19.6 Å². The quantitative estimate of drug-likeness (QED) is 0.391. The highest BCUT2D eigenvalue weighted by atomic mass is 79.9. The van der Waals surface area contributed by atoms with Crippen LogP contribution < -0.4 is 10.6 Å². The summed E-state index contributed by atoms with van der Waals surface area (Å²) in [4.78, 5) is 23.9. The predicted molar refractivity (Wildman–Crippen MR) is 98.9 cm³/mol. The maximum absolute atomic E-state index is 12.1. The van der Waals surface area contributed by atoms with E-state index in [4.69, 9.17) is 0 Å². The number of hydrogen-bond donors (Lipinski definition) is 4. The second-order valence-corrected chi connectivity index (χ2v) is 6.98. The summed E-state index contributed by atoms with van der Waals surface area (Å²) in [6, 6.07) is 5.10. The summed E-state index contributed by atoms with van der Waals surface area (Å²) < 4.78 is 1.32. The van der Waals surface area contributed by atoms with Crippen molar-refractivity contribution in [3.8, 4) is 11.8 Å². The zero-order chi connectivity index (χ0) is 18.3. The fraction of sp³-hybridized carbons (Fsp3) is 0.333. The van der Waals surface area contributed by atoms with E-state index in [0.717, 1.165) is 4.47 Å². The minimum absolute atomic E-state index is 0.0248. The van der Waals surface area contributed by atoms with Crippen LogP contribution in [0.4, 0.5) is 0 Å². The van der Waals surface area contributed by atoms with Crippen LogP contribution in [0, 0.1) is 17.8 Å². The topological polar surface area (TPSA) is 98.7 Å². The van der Waals surface area contributed by atoms with Gasteiger partial charge in [-0.3, -0.25) is 9.59 Å². The van der Waals surface area contributed by atoms with Gasteiger partial charge in [-0.25, -0.2) is 0 Å². The Morgan fingerprint density at radius 2 is 1.92 bits per heavy atom.